The van der Waals surface area contributed by atoms with Crippen LogP contribution in [0.4, 0.5) is 13.2 Å². The van der Waals surface area contributed by atoms with Gasteiger partial charge in [0.15, 0.2) is 0 Å². The fourth-order valence-corrected chi connectivity index (χ4v) is 5.70. The zero-order chi connectivity index (χ0) is 24.8. The van der Waals surface area contributed by atoms with Crippen LogP contribution in [0.25, 0.3) is 11.4 Å². The SMILES string of the molecule is O=C(c1ccc(S(=O)(=O)N2CCCC2)cc1)N1CC(c2nc(-c3cccc(C(F)(F)F)c3)no2)C1. The van der Waals surface area contributed by atoms with Gasteiger partial charge in [-0.05, 0) is 49.2 Å². The summed E-state index contributed by atoms with van der Waals surface area (Å²) in [4.78, 5) is 18.7. The maximum Gasteiger partial charge on any atom is 0.416 e. The van der Waals surface area contributed by atoms with Gasteiger partial charge in [0.25, 0.3) is 5.91 Å². The predicted molar refractivity (Wildman–Crippen MR) is 118 cm³/mol. The van der Waals surface area contributed by atoms with E-state index in [-0.39, 0.29) is 34.0 Å². The fraction of sp³-hybridized carbons (Fsp3) is 0.348. The van der Waals surface area contributed by atoms with E-state index in [9.17, 15) is 26.4 Å². The average Bonchev–Trinajstić information content (AvgIpc) is 3.51. The van der Waals surface area contributed by atoms with Crippen LogP contribution in [0, 0.1) is 0 Å². The Morgan fingerprint density at radius 1 is 1.03 bits per heavy atom. The number of sulfonamides is 1. The van der Waals surface area contributed by atoms with Gasteiger partial charge in [0, 0.05) is 37.3 Å². The minimum atomic E-state index is -4.48. The average molecular weight is 507 g/mol. The smallest absolute Gasteiger partial charge is 0.339 e. The minimum absolute atomic E-state index is 0.0469. The van der Waals surface area contributed by atoms with E-state index in [1.807, 2.05) is 0 Å². The largest absolute Gasteiger partial charge is 0.416 e. The summed E-state index contributed by atoms with van der Waals surface area (Å²) in [7, 11) is -3.55. The lowest BCUT2D eigenvalue weighted by atomic mass is 9.98. The molecule has 0 spiro atoms. The summed E-state index contributed by atoms with van der Waals surface area (Å²) in [5.41, 5.74) is -0.258. The molecule has 2 fully saturated rings. The molecular weight excluding hydrogens is 485 g/mol. The van der Waals surface area contributed by atoms with Gasteiger partial charge in [-0.25, -0.2) is 8.42 Å². The van der Waals surface area contributed by atoms with Crippen molar-refractivity contribution < 1.29 is 30.9 Å². The summed E-state index contributed by atoms with van der Waals surface area (Å²) < 4.78 is 70.8. The Morgan fingerprint density at radius 3 is 2.37 bits per heavy atom. The Bertz CT molecular complexity index is 1340. The fourth-order valence-electron chi connectivity index (χ4n) is 4.18. The molecule has 0 unspecified atom stereocenters. The number of benzene rings is 2. The molecule has 0 saturated carbocycles. The summed E-state index contributed by atoms with van der Waals surface area (Å²) in [6.07, 6.45) is -2.80. The van der Waals surface area contributed by atoms with E-state index in [2.05, 4.69) is 10.1 Å². The molecule has 3 aromatic rings. The van der Waals surface area contributed by atoms with Crippen molar-refractivity contribution in [3.63, 3.8) is 0 Å². The number of hydrogen-bond donors (Lipinski definition) is 0. The first-order valence-electron chi connectivity index (χ1n) is 11.0. The molecule has 2 aliphatic rings. The van der Waals surface area contributed by atoms with Gasteiger partial charge in [-0.1, -0.05) is 17.3 Å². The third-order valence-electron chi connectivity index (χ3n) is 6.21. The van der Waals surface area contributed by atoms with E-state index in [0.29, 0.717) is 31.7 Å². The number of alkyl halides is 3. The van der Waals surface area contributed by atoms with Crippen LogP contribution in [-0.4, -0.2) is 59.8 Å². The third kappa shape index (κ3) is 4.55. The van der Waals surface area contributed by atoms with Gasteiger partial charge in [-0.15, -0.1) is 0 Å². The molecule has 2 aromatic carbocycles. The second kappa shape index (κ2) is 8.76. The molecular formula is C23H21F3N4O4S. The van der Waals surface area contributed by atoms with E-state index in [0.717, 1.165) is 25.0 Å². The number of nitrogens with zero attached hydrogens (tertiary/aromatic N) is 4. The van der Waals surface area contributed by atoms with E-state index in [1.54, 1.807) is 4.90 Å². The molecule has 0 bridgehead atoms. The van der Waals surface area contributed by atoms with Crippen molar-refractivity contribution in [3.8, 4) is 11.4 Å². The van der Waals surface area contributed by atoms with Crippen LogP contribution in [0.1, 0.15) is 40.6 Å². The number of aromatic nitrogens is 2. The molecule has 35 heavy (non-hydrogen) atoms. The molecule has 3 heterocycles. The highest BCUT2D eigenvalue weighted by Crippen LogP contribution is 2.33. The van der Waals surface area contributed by atoms with Gasteiger partial charge in [0.05, 0.1) is 16.4 Å². The van der Waals surface area contributed by atoms with Crippen LogP contribution >= 0.6 is 0 Å². The molecule has 2 saturated heterocycles. The summed E-state index contributed by atoms with van der Waals surface area (Å²) in [6.45, 7) is 1.61. The van der Waals surface area contributed by atoms with Crippen LogP contribution in [0.5, 0.6) is 0 Å². The second-order valence-corrected chi connectivity index (χ2v) is 10.5. The number of carbonyl (C=O) groups excluding carboxylic acids is 1. The monoisotopic (exact) mass is 506 g/mol. The molecule has 0 radical (unpaired) electrons. The molecule has 8 nitrogen and oxygen atoms in total. The van der Waals surface area contributed by atoms with Crippen molar-refractivity contribution in [2.45, 2.75) is 29.8 Å². The Labute approximate surface area is 199 Å². The van der Waals surface area contributed by atoms with Crippen molar-refractivity contribution in [2.24, 2.45) is 0 Å². The molecule has 184 valence electrons. The Morgan fingerprint density at radius 2 is 1.71 bits per heavy atom. The standard InChI is InChI=1S/C23H21F3N4O4S/c24-23(25,26)18-5-3-4-16(12-18)20-27-21(34-28-20)17-13-29(14-17)22(31)15-6-8-19(9-7-15)35(32,33)30-10-1-2-11-30/h3-9,12,17H,1-2,10-11,13-14H2. The van der Waals surface area contributed by atoms with Crippen molar-refractivity contribution >= 4 is 15.9 Å². The van der Waals surface area contributed by atoms with Crippen LogP contribution in [-0.2, 0) is 16.2 Å². The highest BCUT2D eigenvalue weighted by atomic mass is 32.2. The van der Waals surface area contributed by atoms with Gasteiger partial charge in [0.2, 0.25) is 21.7 Å². The van der Waals surface area contributed by atoms with Gasteiger partial charge in [-0.3, -0.25) is 4.79 Å². The Balaban J connectivity index is 1.22. The summed E-state index contributed by atoms with van der Waals surface area (Å²) in [5, 5.41) is 3.79. The molecule has 1 aromatic heterocycles. The molecule has 0 aliphatic carbocycles. The zero-order valence-electron chi connectivity index (χ0n) is 18.4. The normalized spacial score (nSPS) is 17.5. The predicted octanol–water partition coefficient (Wildman–Crippen LogP) is 3.78. The molecule has 1 amide bonds. The van der Waals surface area contributed by atoms with Crippen molar-refractivity contribution in [3.05, 3.63) is 65.5 Å². The lowest BCUT2D eigenvalue weighted by molar-refractivity contribution is -0.137. The molecule has 0 atom stereocenters. The van der Waals surface area contributed by atoms with Gasteiger partial charge < -0.3 is 9.42 Å². The van der Waals surface area contributed by atoms with Gasteiger partial charge in [0.1, 0.15) is 0 Å². The highest BCUT2D eigenvalue weighted by Gasteiger charge is 2.37. The van der Waals surface area contributed by atoms with E-state index >= 15 is 0 Å². The quantitative estimate of drug-likeness (QED) is 0.523. The molecule has 12 heteroatoms. The summed E-state index contributed by atoms with van der Waals surface area (Å²) in [5.74, 6) is -0.205. The molecule has 5 rings (SSSR count). The third-order valence-corrected chi connectivity index (χ3v) is 8.12. The zero-order valence-corrected chi connectivity index (χ0v) is 19.2. The Kier molecular flexibility index (Phi) is 5.88. The van der Waals surface area contributed by atoms with Crippen molar-refractivity contribution in [1.29, 1.82) is 0 Å². The summed E-state index contributed by atoms with van der Waals surface area (Å²) in [6, 6.07) is 10.5. The first-order chi connectivity index (χ1) is 16.6. The summed E-state index contributed by atoms with van der Waals surface area (Å²) >= 11 is 0. The van der Waals surface area contributed by atoms with E-state index in [4.69, 9.17) is 4.52 Å². The van der Waals surface area contributed by atoms with Crippen LogP contribution in [0.2, 0.25) is 0 Å². The van der Waals surface area contributed by atoms with Gasteiger partial charge in [-0.2, -0.15) is 22.5 Å². The number of amides is 1. The topological polar surface area (TPSA) is 96.6 Å². The number of hydrogen-bond acceptors (Lipinski definition) is 6. The van der Waals surface area contributed by atoms with Gasteiger partial charge >= 0.3 is 6.18 Å². The molecule has 0 N–H and O–H groups in total. The van der Waals surface area contributed by atoms with Crippen LogP contribution < -0.4 is 0 Å². The van der Waals surface area contributed by atoms with Crippen molar-refractivity contribution in [1.82, 2.24) is 19.3 Å². The lowest BCUT2D eigenvalue weighted by Crippen LogP contribution is -2.48. The molecule has 2 aliphatic heterocycles. The number of likely N-dealkylation sites (tertiary alicyclic amines) is 1. The van der Waals surface area contributed by atoms with Crippen LogP contribution in [0.3, 0.4) is 0 Å². The minimum Gasteiger partial charge on any atom is -0.339 e. The number of halogens is 3. The maximum atomic E-state index is 13.0. The van der Waals surface area contributed by atoms with Crippen LogP contribution in [0.15, 0.2) is 57.9 Å². The lowest BCUT2D eigenvalue weighted by Gasteiger charge is -2.37. The van der Waals surface area contributed by atoms with E-state index < -0.39 is 21.8 Å². The van der Waals surface area contributed by atoms with Crippen molar-refractivity contribution in [2.75, 3.05) is 26.2 Å². The number of rotatable bonds is 5. The number of carbonyl (C=O) groups is 1. The highest BCUT2D eigenvalue weighted by molar-refractivity contribution is 7.89. The second-order valence-electron chi connectivity index (χ2n) is 8.58. The Hall–Kier alpha value is -3.25. The first-order valence-corrected chi connectivity index (χ1v) is 12.5. The first kappa shape index (κ1) is 23.5. The maximum absolute atomic E-state index is 13.0. The van der Waals surface area contributed by atoms with E-state index in [1.165, 1.54) is 40.7 Å².